The maximum atomic E-state index is 12.7. The van der Waals surface area contributed by atoms with Crippen LogP contribution in [0.3, 0.4) is 0 Å². The van der Waals surface area contributed by atoms with Crippen molar-refractivity contribution >= 4 is 11.6 Å². The fourth-order valence-electron chi connectivity index (χ4n) is 1.32. The summed E-state index contributed by atoms with van der Waals surface area (Å²) in [5.74, 6) is -0.320. The molecule has 0 spiro atoms. The summed E-state index contributed by atoms with van der Waals surface area (Å²) in [7, 11) is 0. The zero-order valence-corrected chi connectivity index (χ0v) is 10.8. The summed E-state index contributed by atoms with van der Waals surface area (Å²) in [5, 5.41) is 2.48. The molecule has 1 aromatic carbocycles. The van der Waals surface area contributed by atoms with Crippen LogP contribution in [0.25, 0.3) is 0 Å². The van der Waals surface area contributed by atoms with Gasteiger partial charge < -0.3 is 5.32 Å². The highest BCUT2D eigenvalue weighted by Gasteiger charge is 2.32. The van der Waals surface area contributed by atoms with E-state index in [1.54, 1.807) is 20.8 Å². The number of amides is 1. The second-order valence-corrected chi connectivity index (χ2v) is 5.23. The third-order valence-electron chi connectivity index (χ3n) is 2.48. The lowest BCUT2D eigenvalue weighted by Crippen LogP contribution is -2.27. The number of halogens is 3. The van der Waals surface area contributed by atoms with E-state index in [9.17, 15) is 18.0 Å². The molecule has 18 heavy (non-hydrogen) atoms. The lowest BCUT2D eigenvalue weighted by molar-refractivity contribution is -0.138. The SMILES string of the molecule is Cc1ccc(NC(=O)C(C)(C)C)cc1C(F)(F)F. The van der Waals surface area contributed by atoms with Crippen molar-refractivity contribution < 1.29 is 18.0 Å². The molecular formula is C13H16F3NO. The van der Waals surface area contributed by atoms with Gasteiger partial charge in [-0.25, -0.2) is 0 Å². The number of aryl methyl sites for hydroxylation is 1. The fraction of sp³-hybridized carbons (Fsp3) is 0.462. The summed E-state index contributed by atoms with van der Waals surface area (Å²) >= 11 is 0. The van der Waals surface area contributed by atoms with Gasteiger partial charge in [-0.05, 0) is 24.6 Å². The predicted molar refractivity (Wildman–Crippen MR) is 64.3 cm³/mol. The predicted octanol–water partition coefficient (Wildman–Crippen LogP) is 4.00. The fourth-order valence-corrected chi connectivity index (χ4v) is 1.32. The molecule has 2 nitrogen and oxygen atoms in total. The van der Waals surface area contributed by atoms with E-state index in [0.29, 0.717) is 0 Å². The van der Waals surface area contributed by atoms with Crippen LogP contribution in [0.2, 0.25) is 0 Å². The summed E-state index contributed by atoms with van der Waals surface area (Å²) in [4.78, 5) is 11.7. The molecule has 0 saturated carbocycles. The average Bonchev–Trinajstić information content (AvgIpc) is 2.17. The van der Waals surface area contributed by atoms with Gasteiger partial charge in [0.1, 0.15) is 0 Å². The van der Waals surface area contributed by atoms with Crippen molar-refractivity contribution in [3.63, 3.8) is 0 Å². The van der Waals surface area contributed by atoms with Gasteiger partial charge in [0.2, 0.25) is 5.91 Å². The molecule has 0 aliphatic carbocycles. The number of nitrogens with one attached hydrogen (secondary N) is 1. The first-order valence-corrected chi connectivity index (χ1v) is 5.51. The zero-order valence-electron chi connectivity index (χ0n) is 10.8. The van der Waals surface area contributed by atoms with Crippen molar-refractivity contribution in [2.75, 3.05) is 5.32 Å². The Hall–Kier alpha value is -1.52. The van der Waals surface area contributed by atoms with Crippen LogP contribution in [0.5, 0.6) is 0 Å². The number of hydrogen-bond donors (Lipinski definition) is 1. The molecule has 0 atom stereocenters. The van der Waals surface area contributed by atoms with Gasteiger partial charge in [0, 0.05) is 11.1 Å². The third kappa shape index (κ3) is 3.48. The van der Waals surface area contributed by atoms with Gasteiger partial charge in [-0.1, -0.05) is 26.8 Å². The summed E-state index contributed by atoms with van der Waals surface area (Å²) in [6.45, 7) is 6.47. The Morgan fingerprint density at radius 1 is 1.17 bits per heavy atom. The first-order chi connectivity index (χ1) is 8.01. The lowest BCUT2D eigenvalue weighted by Gasteiger charge is -2.19. The van der Waals surface area contributed by atoms with E-state index < -0.39 is 17.2 Å². The Morgan fingerprint density at radius 3 is 2.17 bits per heavy atom. The van der Waals surface area contributed by atoms with Gasteiger partial charge in [-0.2, -0.15) is 13.2 Å². The highest BCUT2D eigenvalue weighted by atomic mass is 19.4. The Morgan fingerprint density at radius 2 is 1.72 bits per heavy atom. The minimum atomic E-state index is -4.41. The standard InChI is InChI=1S/C13H16F3NO/c1-8-5-6-9(7-10(8)13(14,15)16)17-11(18)12(2,3)4/h5-7H,1-4H3,(H,17,18). The van der Waals surface area contributed by atoms with Crippen LogP contribution in [0.15, 0.2) is 18.2 Å². The number of alkyl halides is 3. The highest BCUT2D eigenvalue weighted by Crippen LogP contribution is 2.33. The number of benzene rings is 1. The Labute approximate surface area is 104 Å². The zero-order chi connectivity index (χ0) is 14.1. The largest absolute Gasteiger partial charge is 0.416 e. The van der Waals surface area contributed by atoms with E-state index in [-0.39, 0.29) is 17.2 Å². The van der Waals surface area contributed by atoms with Crippen molar-refractivity contribution in [2.24, 2.45) is 5.41 Å². The molecule has 0 aliphatic heterocycles. The quantitative estimate of drug-likeness (QED) is 0.811. The van der Waals surface area contributed by atoms with Crippen LogP contribution < -0.4 is 5.32 Å². The minimum Gasteiger partial charge on any atom is -0.326 e. The van der Waals surface area contributed by atoms with Crippen molar-refractivity contribution in [3.05, 3.63) is 29.3 Å². The van der Waals surface area contributed by atoms with Crippen LogP contribution in [-0.2, 0) is 11.0 Å². The molecule has 1 rings (SSSR count). The first-order valence-electron chi connectivity index (χ1n) is 5.51. The second-order valence-electron chi connectivity index (χ2n) is 5.23. The monoisotopic (exact) mass is 259 g/mol. The molecule has 100 valence electrons. The Bertz CT molecular complexity index is 458. The molecule has 0 aromatic heterocycles. The molecule has 1 N–H and O–H groups in total. The van der Waals surface area contributed by atoms with Crippen LogP contribution in [0, 0.1) is 12.3 Å². The molecule has 0 bridgehead atoms. The van der Waals surface area contributed by atoms with Gasteiger partial charge in [-0.15, -0.1) is 0 Å². The van der Waals surface area contributed by atoms with Gasteiger partial charge >= 0.3 is 6.18 Å². The van der Waals surface area contributed by atoms with E-state index in [1.165, 1.54) is 19.1 Å². The summed E-state index contributed by atoms with van der Waals surface area (Å²) < 4.78 is 38.1. The number of hydrogen-bond acceptors (Lipinski definition) is 1. The van der Waals surface area contributed by atoms with Gasteiger partial charge in [0.05, 0.1) is 5.56 Å². The second kappa shape index (κ2) is 4.63. The van der Waals surface area contributed by atoms with Gasteiger partial charge in [-0.3, -0.25) is 4.79 Å². The van der Waals surface area contributed by atoms with Crippen LogP contribution in [0.1, 0.15) is 31.9 Å². The molecule has 0 unspecified atom stereocenters. The number of carbonyl (C=O) groups is 1. The molecule has 0 saturated heterocycles. The van der Waals surface area contributed by atoms with E-state index in [4.69, 9.17) is 0 Å². The van der Waals surface area contributed by atoms with Gasteiger partial charge in [0.25, 0.3) is 0 Å². The third-order valence-corrected chi connectivity index (χ3v) is 2.48. The van der Waals surface area contributed by atoms with Crippen molar-refractivity contribution in [3.8, 4) is 0 Å². The topological polar surface area (TPSA) is 29.1 Å². The van der Waals surface area contributed by atoms with E-state index in [2.05, 4.69) is 5.32 Å². The molecule has 0 aliphatic rings. The highest BCUT2D eigenvalue weighted by molar-refractivity contribution is 5.94. The molecule has 5 heteroatoms. The normalized spacial score (nSPS) is 12.4. The van der Waals surface area contributed by atoms with Crippen LogP contribution in [-0.4, -0.2) is 5.91 Å². The first kappa shape index (κ1) is 14.5. The molecule has 1 amide bonds. The smallest absolute Gasteiger partial charge is 0.326 e. The van der Waals surface area contributed by atoms with E-state index in [0.717, 1.165) is 6.07 Å². The van der Waals surface area contributed by atoms with Gasteiger partial charge in [0.15, 0.2) is 0 Å². The molecular weight excluding hydrogens is 243 g/mol. The molecule has 0 radical (unpaired) electrons. The van der Waals surface area contributed by atoms with Crippen LogP contribution >= 0.6 is 0 Å². The summed E-state index contributed by atoms with van der Waals surface area (Å²) in [5.41, 5.74) is -1.08. The summed E-state index contributed by atoms with van der Waals surface area (Å²) in [6.07, 6.45) is -4.41. The van der Waals surface area contributed by atoms with Crippen molar-refractivity contribution in [2.45, 2.75) is 33.9 Å². The minimum absolute atomic E-state index is 0.135. The maximum Gasteiger partial charge on any atom is 0.416 e. The molecule has 0 heterocycles. The molecule has 0 fully saturated rings. The maximum absolute atomic E-state index is 12.7. The van der Waals surface area contributed by atoms with Crippen molar-refractivity contribution in [1.82, 2.24) is 0 Å². The number of carbonyl (C=O) groups excluding carboxylic acids is 1. The van der Waals surface area contributed by atoms with E-state index >= 15 is 0 Å². The Balaban J connectivity index is 3.04. The number of rotatable bonds is 1. The summed E-state index contributed by atoms with van der Waals surface area (Å²) in [6, 6.07) is 3.77. The van der Waals surface area contributed by atoms with Crippen molar-refractivity contribution in [1.29, 1.82) is 0 Å². The van der Waals surface area contributed by atoms with E-state index in [1.807, 2.05) is 0 Å². The average molecular weight is 259 g/mol. The number of anilines is 1. The Kier molecular flexibility index (Phi) is 3.74. The van der Waals surface area contributed by atoms with Crippen LogP contribution in [0.4, 0.5) is 18.9 Å². The molecule has 1 aromatic rings. The lowest BCUT2D eigenvalue weighted by atomic mass is 9.95.